The van der Waals surface area contributed by atoms with Crippen molar-refractivity contribution < 1.29 is 67.8 Å². The average molecular weight is 832 g/mol. The first-order valence-electron chi connectivity index (χ1n) is 19.9. The van der Waals surface area contributed by atoms with Crippen molar-refractivity contribution in [3.8, 4) is 0 Å². The first kappa shape index (κ1) is 44.3. The summed E-state index contributed by atoms with van der Waals surface area (Å²) in [4.78, 5) is 82.9. The van der Waals surface area contributed by atoms with Gasteiger partial charge in [-0.25, -0.2) is 9.59 Å². The molecule has 15 nitrogen and oxygen atoms in total. The number of amides is 1. The van der Waals surface area contributed by atoms with Gasteiger partial charge in [0.2, 0.25) is 5.91 Å². The molecular weight excluding hydrogens is 778 g/mol. The number of esters is 4. The van der Waals surface area contributed by atoms with Crippen LogP contribution < -0.4 is 5.32 Å². The zero-order chi connectivity index (χ0) is 44.1. The molecule has 2 aromatic rings. The van der Waals surface area contributed by atoms with Gasteiger partial charge in [0.05, 0.1) is 35.6 Å². The van der Waals surface area contributed by atoms with Gasteiger partial charge in [0.1, 0.15) is 23.9 Å². The van der Waals surface area contributed by atoms with E-state index in [1.165, 1.54) is 26.0 Å². The highest BCUT2D eigenvalue weighted by molar-refractivity contribution is 5.96. The standard InChI is InChI=1S/C45H53NO14/c1-9-23(2)39(52)46-33(27-16-12-10-13-17-27)34(50)41(54)58-29-21-45(55)38(59-40(53)28-18-14-11-15-19-28)36-43(8,30(49)20-31-44(36,22-56-31)60-26(5)48)37(51)35(57-25(4)47)32(24(29)3)42(45,6)7/h9-19,29-31,33-36,38,49-50,55H,20-22H2,1-8H3,(H,46,52)/b23-9+/t29-,30-,31+,33+,34+,35+,36-,38-,43+,44-,45+/m0/s1. The third kappa shape index (κ3) is 7.24. The lowest BCUT2D eigenvalue weighted by Crippen LogP contribution is -2.82. The number of rotatable bonds is 10. The zero-order valence-corrected chi connectivity index (χ0v) is 34.9. The van der Waals surface area contributed by atoms with E-state index in [4.69, 9.17) is 23.7 Å². The molecule has 2 aromatic carbocycles. The van der Waals surface area contributed by atoms with Crippen molar-refractivity contribution in [3.63, 3.8) is 0 Å². The molecule has 3 aliphatic carbocycles. The summed E-state index contributed by atoms with van der Waals surface area (Å²) in [7, 11) is 0. The van der Waals surface area contributed by atoms with Crippen LogP contribution in [-0.2, 0) is 47.7 Å². The first-order valence-corrected chi connectivity index (χ1v) is 19.9. The molecule has 0 spiro atoms. The highest BCUT2D eigenvalue weighted by Crippen LogP contribution is 2.64. The van der Waals surface area contributed by atoms with E-state index in [9.17, 15) is 39.3 Å². The first-order chi connectivity index (χ1) is 28.1. The number of hydrogen-bond acceptors (Lipinski definition) is 14. The SMILES string of the molecule is C/C=C(\C)C(=O)N[C@H](c1ccccc1)[C@@H](O)C(=O)O[C@H]1C[C@@]2(O)[C@@H](OC(=O)c3ccccc3)[C@@H]3[C@]4(OC(C)=O)CO[C@@H]4C[C@H](O)[C@@]3(C)C(=O)[C@H](OC(C)=O)C(=C1C)C2(C)C. The summed E-state index contributed by atoms with van der Waals surface area (Å²) in [5, 5.41) is 40.0. The summed E-state index contributed by atoms with van der Waals surface area (Å²) in [5.41, 5.74) is -6.91. The van der Waals surface area contributed by atoms with Crippen molar-refractivity contribution in [1.29, 1.82) is 0 Å². The summed E-state index contributed by atoms with van der Waals surface area (Å²) in [6.45, 7) is 11.2. The number of Topliss-reactive ketones (excluding diaryl/α,β-unsaturated/α-hetero) is 1. The summed E-state index contributed by atoms with van der Waals surface area (Å²) < 4.78 is 30.2. The van der Waals surface area contributed by atoms with E-state index in [2.05, 4.69) is 5.32 Å². The van der Waals surface area contributed by atoms with Gasteiger partial charge in [-0.3, -0.25) is 19.2 Å². The van der Waals surface area contributed by atoms with Gasteiger partial charge in [0.15, 0.2) is 23.6 Å². The molecule has 0 radical (unpaired) electrons. The number of carbonyl (C=O) groups is 6. The van der Waals surface area contributed by atoms with Crippen LogP contribution >= 0.6 is 0 Å². The lowest BCUT2D eigenvalue weighted by atomic mass is 9.44. The molecule has 60 heavy (non-hydrogen) atoms. The van der Waals surface area contributed by atoms with E-state index in [0.29, 0.717) is 11.1 Å². The van der Waals surface area contributed by atoms with Crippen molar-refractivity contribution in [1.82, 2.24) is 5.32 Å². The molecule has 3 fully saturated rings. The second-order valence-corrected chi connectivity index (χ2v) is 17.0. The molecule has 1 amide bonds. The van der Waals surface area contributed by atoms with Gasteiger partial charge in [-0.05, 0) is 56.5 Å². The Morgan fingerprint density at radius 3 is 2.08 bits per heavy atom. The Bertz CT molecular complexity index is 2110. The fourth-order valence-corrected chi connectivity index (χ4v) is 9.75. The van der Waals surface area contributed by atoms with Crippen LogP contribution in [0.5, 0.6) is 0 Å². The van der Waals surface area contributed by atoms with Crippen LogP contribution in [0.25, 0.3) is 0 Å². The molecular formula is C45H53NO14. The molecule has 0 aromatic heterocycles. The Morgan fingerprint density at radius 2 is 1.53 bits per heavy atom. The third-order valence-electron chi connectivity index (χ3n) is 13.2. The number of hydrogen-bond donors (Lipinski definition) is 4. The number of aliphatic hydroxyl groups excluding tert-OH is 2. The molecule has 1 saturated heterocycles. The summed E-state index contributed by atoms with van der Waals surface area (Å²) >= 11 is 0. The van der Waals surface area contributed by atoms with Gasteiger partial charge in [-0.2, -0.15) is 0 Å². The Hall–Kier alpha value is -5.22. The minimum absolute atomic E-state index is 0.00140. The maximum Gasteiger partial charge on any atom is 0.338 e. The number of benzene rings is 2. The Morgan fingerprint density at radius 1 is 0.917 bits per heavy atom. The maximum atomic E-state index is 15.4. The monoisotopic (exact) mass is 831 g/mol. The molecule has 1 aliphatic heterocycles. The molecule has 4 N–H and O–H groups in total. The van der Waals surface area contributed by atoms with Gasteiger partial charge >= 0.3 is 23.9 Å². The van der Waals surface area contributed by atoms with Crippen LogP contribution in [0.3, 0.4) is 0 Å². The van der Waals surface area contributed by atoms with E-state index in [1.54, 1.807) is 82.3 Å². The summed E-state index contributed by atoms with van der Waals surface area (Å²) in [6, 6.07) is 14.8. The van der Waals surface area contributed by atoms with Crippen molar-refractivity contribution in [2.45, 2.75) is 122 Å². The summed E-state index contributed by atoms with van der Waals surface area (Å²) in [5.74, 6) is -6.78. The molecule has 6 rings (SSSR count). The van der Waals surface area contributed by atoms with Crippen molar-refractivity contribution in [3.05, 3.63) is 94.6 Å². The Balaban J connectivity index is 1.56. The molecule has 2 saturated carbocycles. The number of allylic oxidation sites excluding steroid dienone is 1. The molecule has 4 aliphatic rings. The van der Waals surface area contributed by atoms with Crippen LogP contribution in [0.15, 0.2) is 83.5 Å². The van der Waals surface area contributed by atoms with Crippen molar-refractivity contribution in [2.75, 3.05) is 6.61 Å². The molecule has 2 bridgehead atoms. The quantitative estimate of drug-likeness (QED) is 0.117. The molecule has 11 atom stereocenters. The number of carbonyl (C=O) groups excluding carboxylic acids is 6. The number of nitrogens with one attached hydrogen (secondary N) is 1. The Kier molecular flexibility index (Phi) is 12.1. The average Bonchev–Trinajstić information content (AvgIpc) is 3.20. The van der Waals surface area contributed by atoms with Crippen LogP contribution in [-0.4, -0.2) is 105 Å². The smallest absolute Gasteiger partial charge is 0.338 e. The zero-order valence-electron chi connectivity index (χ0n) is 34.9. The predicted molar refractivity (Wildman–Crippen MR) is 211 cm³/mol. The number of ether oxygens (including phenoxy) is 5. The second-order valence-electron chi connectivity index (χ2n) is 17.0. The van der Waals surface area contributed by atoms with Crippen molar-refractivity contribution >= 4 is 35.6 Å². The van der Waals surface area contributed by atoms with Gasteiger partial charge < -0.3 is 44.3 Å². The van der Waals surface area contributed by atoms with E-state index < -0.39 is 113 Å². The fourth-order valence-electron chi connectivity index (χ4n) is 9.75. The van der Waals surface area contributed by atoms with Gasteiger partial charge in [0, 0.05) is 37.7 Å². The minimum atomic E-state index is -2.38. The van der Waals surface area contributed by atoms with Crippen LogP contribution in [0, 0.1) is 16.7 Å². The highest BCUT2D eigenvalue weighted by atomic mass is 16.6. The van der Waals surface area contributed by atoms with Crippen LogP contribution in [0.1, 0.15) is 90.2 Å². The molecule has 15 heteroatoms. The number of aliphatic hydroxyl groups is 3. The lowest BCUT2D eigenvalue weighted by molar-refractivity contribution is -0.346. The number of ketones is 1. The van der Waals surface area contributed by atoms with Crippen LogP contribution in [0.4, 0.5) is 0 Å². The van der Waals surface area contributed by atoms with Gasteiger partial charge in [0.25, 0.3) is 0 Å². The minimum Gasteiger partial charge on any atom is -0.456 e. The topological polar surface area (TPSA) is 221 Å². The molecule has 322 valence electrons. The van der Waals surface area contributed by atoms with Crippen molar-refractivity contribution in [2.24, 2.45) is 16.7 Å². The number of fused-ring (bicyclic) bond motifs is 5. The third-order valence-corrected chi connectivity index (χ3v) is 13.2. The second kappa shape index (κ2) is 16.3. The lowest BCUT2D eigenvalue weighted by Gasteiger charge is -2.67. The molecule has 0 unspecified atom stereocenters. The maximum absolute atomic E-state index is 15.4. The van der Waals surface area contributed by atoms with E-state index in [0.717, 1.165) is 13.8 Å². The molecule has 1 heterocycles. The normalized spacial score (nSPS) is 32.9. The largest absolute Gasteiger partial charge is 0.456 e. The van der Waals surface area contributed by atoms with Crippen LogP contribution in [0.2, 0.25) is 0 Å². The van der Waals surface area contributed by atoms with E-state index in [-0.39, 0.29) is 29.7 Å². The van der Waals surface area contributed by atoms with Gasteiger partial charge in [-0.15, -0.1) is 0 Å². The van der Waals surface area contributed by atoms with Gasteiger partial charge in [-0.1, -0.05) is 68.5 Å². The van der Waals surface area contributed by atoms with E-state index >= 15 is 4.79 Å². The Labute approximate surface area is 348 Å². The predicted octanol–water partition coefficient (Wildman–Crippen LogP) is 3.39. The fraction of sp³-hybridized carbons (Fsp3) is 0.511. The highest BCUT2D eigenvalue weighted by Gasteiger charge is 2.78. The summed E-state index contributed by atoms with van der Waals surface area (Å²) in [6.07, 6.45) is -8.88. The van der Waals surface area contributed by atoms with E-state index in [1.807, 2.05) is 0 Å².